The molecular formula is C16H18ClN3O5S. The highest BCUT2D eigenvalue weighted by Gasteiger charge is 2.41. The lowest BCUT2D eigenvalue weighted by molar-refractivity contribution is 0.0680. The molecule has 3 rings (SSSR count). The van der Waals surface area contributed by atoms with Gasteiger partial charge < -0.3 is 9.84 Å². The molecule has 1 aliphatic rings. The molecule has 1 aromatic carbocycles. The van der Waals surface area contributed by atoms with Crippen LogP contribution in [-0.4, -0.2) is 48.0 Å². The molecule has 1 fully saturated rings. The minimum Gasteiger partial charge on any atom is -0.476 e. The molecule has 26 heavy (non-hydrogen) atoms. The van der Waals surface area contributed by atoms with Crippen molar-refractivity contribution >= 4 is 27.6 Å². The Morgan fingerprint density at radius 1 is 1.50 bits per heavy atom. The quantitative estimate of drug-likeness (QED) is 0.760. The first-order valence-corrected chi connectivity index (χ1v) is 9.70. The van der Waals surface area contributed by atoms with Crippen molar-refractivity contribution < 1.29 is 23.1 Å². The molecule has 0 saturated carbocycles. The number of carboxylic acid groups (broad SMARTS) is 1. The summed E-state index contributed by atoms with van der Waals surface area (Å²) in [6, 6.07) is 7.15. The Morgan fingerprint density at radius 2 is 2.27 bits per heavy atom. The summed E-state index contributed by atoms with van der Waals surface area (Å²) in [5, 5.41) is 13.6. The number of aromatic carboxylic acids is 1. The van der Waals surface area contributed by atoms with E-state index in [4.69, 9.17) is 16.3 Å². The first-order valence-electron chi connectivity index (χ1n) is 7.84. The molecule has 1 atom stereocenters. The number of aromatic nitrogens is 2. The van der Waals surface area contributed by atoms with Crippen molar-refractivity contribution in [3.05, 3.63) is 46.7 Å². The standard InChI is InChI=1S/C16H18ClN3O5S/c1-20-14(15(21)22)13(9-18-20)26(23,24)19-16(5-6-25-10-16)8-11-3-2-4-12(17)7-11/h2-4,7,9,19H,5-6,8,10H2,1H3,(H,21,22). The molecule has 10 heteroatoms. The van der Waals surface area contributed by atoms with Gasteiger partial charge in [0.25, 0.3) is 0 Å². The van der Waals surface area contributed by atoms with Crippen LogP contribution in [0.25, 0.3) is 0 Å². The predicted molar refractivity (Wildman–Crippen MR) is 93.8 cm³/mol. The van der Waals surface area contributed by atoms with E-state index in [1.54, 1.807) is 18.2 Å². The molecule has 2 heterocycles. The third-order valence-electron chi connectivity index (χ3n) is 4.28. The molecule has 8 nitrogen and oxygen atoms in total. The van der Waals surface area contributed by atoms with E-state index >= 15 is 0 Å². The van der Waals surface area contributed by atoms with Gasteiger partial charge in [0.15, 0.2) is 5.69 Å². The molecule has 0 bridgehead atoms. The molecule has 1 aliphatic heterocycles. The zero-order chi connectivity index (χ0) is 18.9. The number of carboxylic acids is 1. The first-order chi connectivity index (χ1) is 12.2. The van der Waals surface area contributed by atoms with Crippen molar-refractivity contribution in [2.75, 3.05) is 13.2 Å². The summed E-state index contributed by atoms with van der Waals surface area (Å²) in [6.45, 7) is 0.587. The van der Waals surface area contributed by atoms with Gasteiger partial charge in [-0.3, -0.25) is 4.68 Å². The largest absolute Gasteiger partial charge is 0.476 e. The molecule has 0 spiro atoms. The van der Waals surface area contributed by atoms with Gasteiger partial charge in [-0.1, -0.05) is 23.7 Å². The van der Waals surface area contributed by atoms with Crippen LogP contribution in [0.2, 0.25) is 5.02 Å². The Kier molecular flexibility index (Phi) is 5.07. The normalized spacial score (nSPS) is 20.4. The maximum Gasteiger partial charge on any atom is 0.355 e. The van der Waals surface area contributed by atoms with E-state index in [0.717, 1.165) is 16.4 Å². The van der Waals surface area contributed by atoms with Crippen LogP contribution in [0.1, 0.15) is 22.5 Å². The van der Waals surface area contributed by atoms with Crippen LogP contribution < -0.4 is 4.72 Å². The number of aryl methyl sites for hydroxylation is 1. The van der Waals surface area contributed by atoms with E-state index in [9.17, 15) is 18.3 Å². The molecular weight excluding hydrogens is 382 g/mol. The molecule has 2 N–H and O–H groups in total. The summed E-state index contributed by atoms with van der Waals surface area (Å²) in [5.41, 5.74) is -0.417. The van der Waals surface area contributed by atoms with Gasteiger partial charge in [0.2, 0.25) is 10.0 Å². The van der Waals surface area contributed by atoms with Crippen molar-refractivity contribution in [3.63, 3.8) is 0 Å². The van der Waals surface area contributed by atoms with Gasteiger partial charge in [0, 0.05) is 18.7 Å². The number of hydrogen-bond acceptors (Lipinski definition) is 5. The van der Waals surface area contributed by atoms with E-state index < -0.39 is 27.2 Å². The second kappa shape index (κ2) is 6.99. The van der Waals surface area contributed by atoms with Gasteiger partial charge in [-0.2, -0.15) is 5.10 Å². The second-order valence-electron chi connectivity index (χ2n) is 6.28. The monoisotopic (exact) mass is 399 g/mol. The Morgan fingerprint density at radius 3 is 2.88 bits per heavy atom. The van der Waals surface area contributed by atoms with E-state index in [0.29, 0.717) is 24.5 Å². The van der Waals surface area contributed by atoms with Gasteiger partial charge in [-0.05, 0) is 30.5 Å². The van der Waals surface area contributed by atoms with Crippen molar-refractivity contribution in [2.24, 2.45) is 7.05 Å². The minimum absolute atomic E-state index is 0.182. The fourth-order valence-corrected chi connectivity index (χ4v) is 4.88. The summed E-state index contributed by atoms with van der Waals surface area (Å²) in [4.78, 5) is 11.0. The highest BCUT2D eigenvalue weighted by atomic mass is 35.5. The number of benzene rings is 1. The van der Waals surface area contributed by atoms with E-state index in [1.807, 2.05) is 6.07 Å². The summed E-state index contributed by atoms with van der Waals surface area (Å²) < 4.78 is 34.9. The number of rotatable bonds is 6. The average molecular weight is 400 g/mol. The van der Waals surface area contributed by atoms with E-state index in [2.05, 4.69) is 9.82 Å². The van der Waals surface area contributed by atoms with Crippen LogP contribution >= 0.6 is 11.6 Å². The highest BCUT2D eigenvalue weighted by molar-refractivity contribution is 7.89. The molecule has 1 saturated heterocycles. The Labute approximate surface area is 155 Å². The third-order valence-corrected chi connectivity index (χ3v) is 6.10. The van der Waals surface area contributed by atoms with Crippen molar-refractivity contribution in [1.82, 2.24) is 14.5 Å². The zero-order valence-corrected chi connectivity index (χ0v) is 15.5. The molecule has 2 aromatic rings. The molecule has 1 unspecified atom stereocenters. The van der Waals surface area contributed by atoms with Crippen molar-refractivity contribution in [1.29, 1.82) is 0 Å². The van der Waals surface area contributed by atoms with Crippen molar-refractivity contribution in [3.8, 4) is 0 Å². The van der Waals surface area contributed by atoms with E-state index in [1.165, 1.54) is 7.05 Å². The minimum atomic E-state index is -4.11. The smallest absolute Gasteiger partial charge is 0.355 e. The van der Waals surface area contributed by atoms with Gasteiger partial charge in [0.05, 0.1) is 18.3 Å². The summed E-state index contributed by atoms with van der Waals surface area (Å²) in [7, 11) is -2.74. The van der Waals surface area contributed by atoms with Gasteiger partial charge >= 0.3 is 5.97 Å². The first kappa shape index (κ1) is 18.8. The molecule has 0 aliphatic carbocycles. The maximum atomic E-state index is 12.9. The number of nitrogens with zero attached hydrogens (tertiary/aromatic N) is 2. The summed E-state index contributed by atoms with van der Waals surface area (Å²) in [5.74, 6) is -1.36. The molecule has 0 amide bonds. The number of sulfonamides is 1. The van der Waals surface area contributed by atoms with Gasteiger partial charge in [-0.15, -0.1) is 0 Å². The van der Waals surface area contributed by atoms with E-state index in [-0.39, 0.29) is 11.5 Å². The summed E-state index contributed by atoms with van der Waals surface area (Å²) >= 11 is 6.02. The number of ether oxygens (including phenoxy) is 1. The Bertz CT molecular complexity index is 935. The second-order valence-corrected chi connectivity index (χ2v) is 8.37. The van der Waals surface area contributed by atoms with Crippen molar-refractivity contribution in [2.45, 2.75) is 23.3 Å². The van der Waals surface area contributed by atoms with Crippen LogP contribution in [0.4, 0.5) is 0 Å². The number of hydrogen-bond donors (Lipinski definition) is 2. The SMILES string of the molecule is Cn1ncc(S(=O)(=O)NC2(Cc3cccc(Cl)c3)CCOC2)c1C(=O)O. The Hall–Kier alpha value is -1.94. The lowest BCUT2D eigenvalue weighted by atomic mass is 9.91. The molecule has 140 valence electrons. The van der Waals surface area contributed by atoms with Gasteiger partial charge in [-0.25, -0.2) is 17.9 Å². The average Bonchev–Trinajstić information content (AvgIpc) is 3.14. The predicted octanol–water partition coefficient (Wildman–Crippen LogP) is 1.45. The number of halogens is 1. The van der Waals surface area contributed by atoms with Crippen LogP contribution in [0.3, 0.4) is 0 Å². The highest BCUT2D eigenvalue weighted by Crippen LogP contribution is 2.28. The lowest BCUT2D eigenvalue weighted by Gasteiger charge is -2.28. The number of carbonyl (C=O) groups is 1. The fraction of sp³-hybridized carbons (Fsp3) is 0.375. The Balaban J connectivity index is 1.94. The maximum absolute atomic E-state index is 12.9. The fourth-order valence-electron chi connectivity index (χ4n) is 3.10. The molecule has 0 radical (unpaired) electrons. The van der Waals surface area contributed by atoms with Gasteiger partial charge in [0.1, 0.15) is 4.90 Å². The summed E-state index contributed by atoms with van der Waals surface area (Å²) in [6.07, 6.45) is 1.87. The van der Waals surface area contributed by atoms with Crippen LogP contribution in [-0.2, 0) is 28.2 Å². The van der Waals surface area contributed by atoms with Crippen LogP contribution in [0.15, 0.2) is 35.4 Å². The third kappa shape index (κ3) is 3.75. The topological polar surface area (TPSA) is 111 Å². The van der Waals surface area contributed by atoms with Crippen LogP contribution in [0, 0.1) is 0 Å². The molecule has 1 aromatic heterocycles. The van der Waals surface area contributed by atoms with Crippen LogP contribution in [0.5, 0.6) is 0 Å². The number of nitrogens with one attached hydrogen (secondary N) is 1. The zero-order valence-electron chi connectivity index (χ0n) is 14.0. The lowest BCUT2D eigenvalue weighted by Crippen LogP contribution is -2.50.